The molecule has 0 bridgehead atoms. The van der Waals surface area contributed by atoms with Gasteiger partial charge < -0.3 is 25.9 Å². The summed E-state index contributed by atoms with van der Waals surface area (Å²) in [6.07, 6.45) is 3.33. The van der Waals surface area contributed by atoms with Gasteiger partial charge in [0.2, 0.25) is 5.88 Å². The highest BCUT2D eigenvalue weighted by molar-refractivity contribution is 6.10. The van der Waals surface area contributed by atoms with Crippen LogP contribution < -0.4 is 21.1 Å². The molecule has 3 rings (SSSR count). The van der Waals surface area contributed by atoms with E-state index >= 15 is 0 Å². The van der Waals surface area contributed by atoms with E-state index in [1.54, 1.807) is 17.0 Å². The van der Waals surface area contributed by atoms with Gasteiger partial charge in [-0.3, -0.25) is 4.79 Å². The summed E-state index contributed by atoms with van der Waals surface area (Å²) < 4.78 is 5.54. The molecule has 0 fully saturated rings. The normalized spacial score (nSPS) is 14.0. The molecule has 9 nitrogen and oxygen atoms in total. The number of aryl methyl sites for hydroxylation is 1. The maximum absolute atomic E-state index is 13.0. The maximum atomic E-state index is 13.0. The van der Waals surface area contributed by atoms with E-state index in [0.29, 0.717) is 30.8 Å². The third-order valence-electron chi connectivity index (χ3n) is 4.19. The first-order chi connectivity index (χ1) is 13.0. The Morgan fingerprint density at radius 3 is 2.96 bits per heavy atom. The van der Waals surface area contributed by atoms with Crippen molar-refractivity contribution in [3.8, 4) is 5.88 Å². The number of hydrogen-bond donors (Lipinski definition) is 2. The van der Waals surface area contributed by atoms with Gasteiger partial charge in [-0.1, -0.05) is 0 Å². The fraction of sp³-hybridized carbons (Fsp3) is 0.278. The van der Waals surface area contributed by atoms with Gasteiger partial charge in [0.15, 0.2) is 0 Å². The minimum atomic E-state index is -0.340. The van der Waals surface area contributed by atoms with Crippen LogP contribution in [0.15, 0.2) is 29.5 Å². The van der Waals surface area contributed by atoms with Crippen LogP contribution in [0, 0.1) is 0 Å². The van der Waals surface area contributed by atoms with Crippen molar-refractivity contribution in [1.82, 2.24) is 9.97 Å². The number of rotatable bonds is 5. The Kier molecular flexibility index (Phi) is 5.30. The van der Waals surface area contributed by atoms with Gasteiger partial charge in [0.05, 0.1) is 18.6 Å². The number of aromatic nitrogens is 2. The first-order valence-electron chi connectivity index (χ1n) is 8.43. The Labute approximate surface area is 156 Å². The molecule has 0 aliphatic carbocycles. The van der Waals surface area contributed by atoms with Crippen LogP contribution in [0.25, 0.3) is 0 Å². The highest BCUT2D eigenvalue weighted by Gasteiger charge is 2.29. The number of fused-ring (bicyclic) bond motifs is 1. The topological polar surface area (TPSA) is 137 Å². The summed E-state index contributed by atoms with van der Waals surface area (Å²) in [6, 6.07) is 5.36. The molecule has 2 heterocycles. The molecule has 140 valence electrons. The number of nitrogen functional groups attached to an aromatic ring is 1. The summed E-state index contributed by atoms with van der Waals surface area (Å²) >= 11 is 0. The van der Waals surface area contributed by atoms with Crippen LogP contribution in [0.3, 0.4) is 0 Å². The minimum Gasteiger partial charge on any atom is -0.475 e. The van der Waals surface area contributed by atoms with Crippen LogP contribution >= 0.6 is 0 Å². The summed E-state index contributed by atoms with van der Waals surface area (Å²) in [4.78, 5) is 38.0. The monoisotopic (exact) mass is 368 g/mol. The Hall–Kier alpha value is -3.49. The van der Waals surface area contributed by atoms with E-state index in [2.05, 4.69) is 15.0 Å². The molecule has 0 radical (unpaired) electrons. The molecule has 4 N–H and O–H groups in total. The second kappa shape index (κ2) is 7.81. The Bertz CT molecular complexity index is 912. The zero-order valence-electron chi connectivity index (χ0n) is 14.9. The highest BCUT2D eigenvalue weighted by Crippen LogP contribution is 2.31. The van der Waals surface area contributed by atoms with Crippen LogP contribution in [0.2, 0.25) is 0 Å². The van der Waals surface area contributed by atoms with Crippen LogP contribution in [0.5, 0.6) is 5.88 Å². The molecule has 2 aromatic rings. The average molecular weight is 368 g/mol. The summed E-state index contributed by atoms with van der Waals surface area (Å²) in [6.45, 7) is 2.12. The lowest BCUT2D eigenvalue weighted by atomic mass is 10.0. The van der Waals surface area contributed by atoms with Crippen LogP contribution in [-0.2, 0) is 11.2 Å². The third kappa shape index (κ3) is 3.86. The number of carbonyl (C=O) groups is 2. The molecule has 9 heteroatoms. The number of benzene rings is 1. The van der Waals surface area contributed by atoms with Crippen molar-refractivity contribution in [3.63, 3.8) is 0 Å². The van der Waals surface area contributed by atoms with Crippen molar-refractivity contribution in [2.75, 3.05) is 23.8 Å². The van der Waals surface area contributed by atoms with Gasteiger partial charge in [0, 0.05) is 12.1 Å². The highest BCUT2D eigenvalue weighted by atomic mass is 16.5. The zero-order chi connectivity index (χ0) is 19.4. The lowest BCUT2D eigenvalue weighted by Crippen LogP contribution is -2.32. The summed E-state index contributed by atoms with van der Waals surface area (Å²) in [5.74, 6) is -0.0245. The fourth-order valence-corrected chi connectivity index (χ4v) is 2.87. The van der Waals surface area contributed by atoms with Gasteiger partial charge in [0.25, 0.3) is 5.91 Å². The summed E-state index contributed by atoms with van der Waals surface area (Å²) in [5, 5.41) is 0. The first kappa shape index (κ1) is 18.3. The molecule has 1 amide bonds. The number of Topliss-reactive ketones (excluding diaryl/α,β-unsaturated/α-hetero) is 1. The molecule has 1 aromatic heterocycles. The van der Waals surface area contributed by atoms with E-state index in [9.17, 15) is 9.59 Å². The van der Waals surface area contributed by atoms with E-state index < -0.39 is 0 Å². The molecule has 27 heavy (non-hydrogen) atoms. The van der Waals surface area contributed by atoms with Crippen LogP contribution in [0.1, 0.15) is 29.3 Å². The van der Waals surface area contributed by atoms with E-state index in [4.69, 9.17) is 16.2 Å². The standard InChI is InChI=1S/C18H20N6O3/c1-11(25)2-3-12-8-13(4-5-14(12)21-9-19)24-6-7-27-17-15(18(24)26)16(20)22-10-23-17/h4-5,8-10H,2-3,6-7H2,1H3,(H2,19,21)(H2,20,22,23). The van der Waals surface area contributed by atoms with Crippen molar-refractivity contribution in [2.24, 2.45) is 10.7 Å². The molecule has 0 spiro atoms. The van der Waals surface area contributed by atoms with Gasteiger partial charge in [-0.25, -0.2) is 15.0 Å². The number of nitrogens with zero attached hydrogens (tertiary/aromatic N) is 4. The van der Waals surface area contributed by atoms with E-state index in [1.807, 2.05) is 6.07 Å². The lowest BCUT2D eigenvalue weighted by molar-refractivity contribution is -0.116. The van der Waals surface area contributed by atoms with Gasteiger partial charge in [-0.05, 0) is 37.1 Å². The number of hydrogen-bond acceptors (Lipinski definition) is 7. The van der Waals surface area contributed by atoms with Gasteiger partial charge in [-0.15, -0.1) is 0 Å². The number of anilines is 2. The lowest BCUT2D eigenvalue weighted by Gasteiger charge is -2.21. The Morgan fingerprint density at radius 1 is 1.41 bits per heavy atom. The van der Waals surface area contributed by atoms with Crippen LogP contribution in [-0.4, -0.2) is 41.1 Å². The molecule has 0 atom stereocenters. The minimum absolute atomic E-state index is 0.0676. The number of ketones is 1. The molecule has 1 aliphatic heterocycles. The fourth-order valence-electron chi connectivity index (χ4n) is 2.87. The summed E-state index contributed by atoms with van der Waals surface area (Å²) in [7, 11) is 0. The molecule has 1 aromatic carbocycles. The molecule has 0 saturated heterocycles. The van der Waals surface area contributed by atoms with E-state index in [1.165, 1.54) is 19.6 Å². The second-order valence-corrected chi connectivity index (χ2v) is 6.04. The smallest absolute Gasteiger partial charge is 0.267 e. The van der Waals surface area contributed by atoms with Crippen molar-refractivity contribution in [1.29, 1.82) is 0 Å². The van der Waals surface area contributed by atoms with Gasteiger partial charge >= 0.3 is 0 Å². The average Bonchev–Trinajstić information content (AvgIpc) is 2.81. The molecular formula is C18H20N6O3. The number of aliphatic imine (C=N–C) groups is 1. The maximum Gasteiger partial charge on any atom is 0.267 e. The summed E-state index contributed by atoms with van der Waals surface area (Å²) in [5.41, 5.74) is 13.5. The number of ether oxygens (including phenoxy) is 1. The van der Waals surface area contributed by atoms with Crippen molar-refractivity contribution < 1.29 is 14.3 Å². The van der Waals surface area contributed by atoms with E-state index in [-0.39, 0.29) is 35.6 Å². The zero-order valence-corrected chi connectivity index (χ0v) is 14.9. The second-order valence-electron chi connectivity index (χ2n) is 6.04. The predicted molar refractivity (Wildman–Crippen MR) is 101 cm³/mol. The Balaban J connectivity index is 2.00. The van der Waals surface area contributed by atoms with Crippen molar-refractivity contribution in [3.05, 3.63) is 35.7 Å². The molecule has 1 aliphatic rings. The number of amides is 1. The first-order valence-corrected chi connectivity index (χ1v) is 8.43. The largest absolute Gasteiger partial charge is 0.475 e. The van der Waals surface area contributed by atoms with Gasteiger partial charge in [-0.2, -0.15) is 0 Å². The quantitative estimate of drug-likeness (QED) is 0.598. The Morgan fingerprint density at radius 2 is 2.22 bits per heavy atom. The molecular weight excluding hydrogens is 348 g/mol. The molecule has 0 unspecified atom stereocenters. The van der Waals surface area contributed by atoms with Gasteiger partial charge in [0.1, 0.15) is 30.1 Å². The third-order valence-corrected chi connectivity index (χ3v) is 4.19. The van der Waals surface area contributed by atoms with Crippen molar-refractivity contribution >= 4 is 35.2 Å². The predicted octanol–water partition coefficient (Wildman–Crippen LogP) is 1.24. The number of nitrogens with two attached hydrogens (primary N) is 2. The van der Waals surface area contributed by atoms with Crippen LogP contribution in [0.4, 0.5) is 17.2 Å². The van der Waals surface area contributed by atoms with Crippen molar-refractivity contribution in [2.45, 2.75) is 19.8 Å². The number of carbonyl (C=O) groups excluding carboxylic acids is 2. The van der Waals surface area contributed by atoms with E-state index in [0.717, 1.165) is 5.56 Å². The molecule has 0 saturated carbocycles. The SMILES string of the molecule is CC(=O)CCc1cc(N2CCOc3ncnc(N)c3C2=O)ccc1N=CN.